The molecule has 1 unspecified atom stereocenters. The van der Waals surface area contributed by atoms with Gasteiger partial charge >= 0.3 is 6.09 Å². The summed E-state index contributed by atoms with van der Waals surface area (Å²) in [5, 5.41) is 14.2. The van der Waals surface area contributed by atoms with Gasteiger partial charge in [-0.25, -0.2) is 4.79 Å². The maximum atomic E-state index is 13.4. The van der Waals surface area contributed by atoms with Gasteiger partial charge in [-0.3, -0.25) is 15.4 Å². The van der Waals surface area contributed by atoms with Crippen LogP contribution in [0.25, 0.3) is 11.1 Å². The molecule has 1 aliphatic carbocycles. The molecule has 0 saturated heterocycles. The van der Waals surface area contributed by atoms with Crippen molar-refractivity contribution in [1.82, 2.24) is 0 Å². The summed E-state index contributed by atoms with van der Waals surface area (Å²) in [6.45, 7) is 7.97. The van der Waals surface area contributed by atoms with Crippen LogP contribution in [0.2, 0.25) is 0 Å². The number of amides is 1. The number of nitro groups is 1. The molecule has 4 aromatic carbocycles. The van der Waals surface area contributed by atoms with Crippen molar-refractivity contribution in [3.8, 4) is 11.1 Å². The molecule has 7 nitrogen and oxygen atoms in total. The first-order chi connectivity index (χ1) is 18.9. The van der Waals surface area contributed by atoms with Crippen LogP contribution >= 0.6 is 0 Å². The molecule has 0 fully saturated rings. The van der Waals surface area contributed by atoms with Crippen LogP contribution in [-0.4, -0.2) is 24.1 Å². The first-order valence-electron chi connectivity index (χ1n) is 13.2. The van der Waals surface area contributed by atoms with Gasteiger partial charge in [0.05, 0.1) is 10.8 Å². The van der Waals surface area contributed by atoms with Crippen LogP contribution in [0.15, 0.2) is 91.0 Å². The van der Waals surface area contributed by atoms with Crippen LogP contribution < -0.4 is 10.2 Å². The van der Waals surface area contributed by atoms with Crippen LogP contribution in [0.1, 0.15) is 48.1 Å². The molecular weight excluding hydrogens is 490 g/mol. The van der Waals surface area contributed by atoms with Crippen LogP contribution in [-0.2, 0) is 4.74 Å². The summed E-state index contributed by atoms with van der Waals surface area (Å²) in [5.41, 5.74) is 7.65. The SMILES string of the molecule is CCN(CC)c1ccc(NC(=O)OC(c2ccc([N+](=O)[O-])cc2)C2c3ccccc3-c3ccccc32)c(C)c1. The highest BCUT2D eigenvalue weighted by Gasteiger charge is 2.37. The number of hydrogen-bond donors (Lipinski definition) is 1. The van der Waals surface area contributed by atoms with E-state index in [1.54, 1.807) is 12.1 Å². The van der Waals surface area contributed by atoms with Gasteiger partial charge in [-0.05, 0) is 84.5 Å². The number of benzene rings is 4. The van der Waals surface area contributed by atoms with E-state index in [0.717, 1.165) is 46.6 Å². The predicted octanol–water partition coefficient (Wildman–Crippen LogP) is 7.85. The van der Waals surface area contributed by atoms with Crippen LogP contribution in [0.3, 0.4) is 0 Å². The number of non-ortho nitro benzene ring substituents is 1. The van der Waals surface area contributed by atoms with Gasteiger partial charge in [-0.2, -0.15) is 0 Å². The molecule has 0 aliphatic heterocycles. The lowest BCUT2D eigenvalue weighted by Gasteiger charge is -2.27. The number of anilines is 2. The van der Waals surface area contributed by atoms with Gasteiger partial charge in [-0.1, -0.05) is 48.5 Å². The highest BCUT2D eigenvalue weighted by Crippen LogP contribution is 2.51. The molecule has 0 saturated carbocycles. The molecule has 1 N–H and O–H groups in total. The minimum absolute atomic E-state index is 0.0157. The molecule has 198 valence electrons. The second-order valence-corrected chi connectivity index (χ2v) is 9.62. The van der Waals surface area contributed by atoms with Crippen molar-refractivity contribution >= 4 is 23.2 Å². The Balaban J connectivity index is 1.49. The molecule has 1 amide bonds. The zero-order valence-corrected chi connectivity index (χ0v) is 22.3. The Morgan fingerprint density at radius 2 is 1.51 bits per heavy atom. The lowest BCUT2D eigenvalue weighted by atomic mass is 9.87. The third-order valence-corrected chi connectivity index (χ3v) is 7.43. The minimum atomic E-state index is -0.703. The van der Waals surface area contributed by atoms with E-state index in [-0.39, 0.29) is 11.6 Å². The van der Waals surface area contributed by atoms with E-state index in [1.165, 1.54) is 12.1 Å². The van der Waals surface area contributed by atoms with Gasteiger partial charge in [0.2, 0.25) is 0 Å². The monoisotopic (exact) mass is 521 g/mol. The fourth-order valence-corrected chi connectivity index (χ4v) is 5.46. The summed E-state index contributed by atoms with van der Waals surface area (Å²) in [6, 6.07) is 28.4. The number of carbonyl (C=O) groups excluding carboxylic acids is 1. The number of aryl methyl sites for hydroxylation is 1. The van der Waals surface area contributed by atoms with Gasteiger partial charge in [0.1, 0.15) is 6.10 Å². The van der Waals surface area contributed by atoms with Gasteiger partial charge in [0.15, 0.2) is 0 Å². The van der Waals surface area contributed by atoms with E-state index >= 15 is 0 Å². The van der Waals surface area contributed by atoms with Crippen molar-refractivity contribution in [3.05, 3.63) is 123 Å². The second kappa shape index (κ2) is 11.0. The van der Waals surface area contributed by atoms with Gasteiger partial charge < -0.3 is 9.64 Å². The maximum Gasteiger partial charge on any atom is 0.412 e. The summed E-state index contributed by atoms with van der Waals surface area (Å²) < 4.78 is 6.18. The number of ether oxygens (including phenoxy) is 1. The van der Waals surface area contributed by atoms with Crippen LogP contribution in [0.5, 0.6) is 0 Å². The summed E-state index contributed by atoms with van der Waals surface area (Å²) >= 11 is 0. The topological polar surface area (TPSA) is 84.7 Å². The van der Waals surface area contributed by atoms with E-state index in [2.05, 4.69) is 54.4 Å². The number of nitrogens with one attached hydrogen (secondary N) is 1. The van der Waals surface area contributed by atoms with Gasteiger partial charge in [-0.15, -0.1) is 0 Å². The Morgan fingerprint density at radius 1 is 0.923 bits per heavy atom. The first-order valence-corrected chi connectivity index (χ1v) is 13.2. The zero-order chi connectivity index (χ0) is 27.5. The maximum absolute atomic E-state index is 13.4. The molecule has 0 radical (unpaired) electrons. The van der Waals surface area contributed by atoms with Crippen LogP contribution in [0.4, 0.5) is 21.9 Å². The van der Waals surface area contributed by atoms with E-state index in [0.29, 0.717) is 11.3 Å². The average Bonchev–Trinajstić information content (AvgIpc) is 3.28. The average molecular weight is 522 g/mol. The molecule has 1 aliphatic rings. The second-order valence-electron chi connectivity index (χ2n) is 9.62. The Labute approximate surface area is 228 Å². The molecule has 1 atom stereocenters. The normalized spacial score (nSPS) is 12.8. The Kier molecular flexibility index (Phi) is 7.32. The number of hydrogen-bond acceptors (Lipinski definition) is 5. The highest BCUT2D eigenvalue weighted by molar-refractivity contribution is 5.87. The van der Waals surface area contributed by atoms with Gasteiger partial charge in [0, 0.05) is 36.6 Å². The van der Waals surface area contributed by atoms with Gasteiger partial charge in [0.25, 0.3) is 5.69 Å². The number of fused-ring (bicyclic) bond motifs is 3. The lowest BCUT2D eigenvalue weighted by molar-refractivity contribution is -0.384. The largest absolute Gasteiger partial charge is 0.440 e. The van der Waals surface area contributed by atoms with Crippen molar-refractivity contribution < 1.29 is 14.5 Å². The standard InChI is InChI=1S/C32H31N3O4/c1-4-34(5-2)24-18-19-29(21(3)20-24)33-32(36)39-31(22-14-16-23(17-15-22)35(37)38)30-27-12-8-6-10-25(27)26-11-7-9-13-28(26)30/h6-20,30-31H,4-5H2,1-3H3,(H,33,36). The van der Waals surface area contributed by atoms with Crippen molar-refractivity contribution in [3.63, 3.8) is 0 Å². The third-order valence-electron chi connectivity index (χ3n) is 7.43. The van der Waals surface area contributed by atoms with Crippen molar-refractivity contribution in [1.29, 1.82) is 0 Å². The van der Waals surface area contributed by atoms with E-state index in [9.17, 15) is 14.9 Å². The number of carbonyl (C=O) groups is 1. The number of rotatable bonds is 8. The zero-order valence-electron chi connectivity index (χ0n) is 22.3. The van der Waals surface area contributed by atoms with Crippen molar-refractivity contribution in [2.24, 2.45) is 0 Å². The Hall–Kier alpha value is -4.65. The van der Waals surface area contributed by atoms with Crippen molar-refractivity contribution in [2.45, 2.75) is 32.8 Å². The molecular formula is C32H31N3O4. The van der Waals surface area contributed by atoms with E-state index in [1.807, 2.05) is 43.3 Å². The predicted molar refractivity (Wildman–Crippen MR) is 154 cm³/mol. The Morgan fingerprint density at radius 3 is 2.05 bits per heavy atom. The van der Waals surface area contributed by atoms with Crippen molar-refractivity contribution in [2.75, 3.05) is 23.3 Å². The molecule has 0 heterocycles. The third kappa shape index (κ3) is 5.08. The quantitative estimate of drug-likeness (QED) is 0.188. The number of nitrogens with zero attached hydrogens (tertiary/aromatic N) is 2. The van der Waals surface area contributed by atoms with E-state index in [4.69, 9.17) is 4.74 Å². The summed E-state index contributed by atoms with van der Waals surface area (Å²) in [7, 11) is 0. The lowest BCUT2D eigenvalue weighted by Crippen LogP contribution is -2.23. The fraction of sp³-hybridized carbons (Fsp3) is 0.219. The summed E-state index contributed by atoms with van der Waals surface area (Å²) in [4.78, 5) is 26.5. The number of nitro benzene ring substituents is 1. The minimum Gasteiger partial charge on any atom is -0.440 e. The summed E-state index contributed by atoms with van der Waals surface area (Å²) in [6.07, 6.45) is -1.29. The summed E-state index contributed by atoms with van der Waals surface area (Å²) in [5.74, 6) is -0.268. The molecule has 0 spiro atoms. The molecule has 0 bridgehead atoms. The Bertz CT molecular complexity index is 1470. The molecule has 0 aromatic heterocycles. The molecule has 39 heavy (non-hydrogen) atoms. The van der Waals surface area contributed by atoms with E-state index < -0.39 is 17.1 Å². The first kappa shape index (κ1) is 26.0. The fourth-order valence-electron chi connectivity index (χ4n) is 5.46. The molecule has 7 heteroatoms. The highest BCUT2D eigenvalue weighted by atomic mass is 16.6. The molecule has 4 aromatic rings. The smallest absolute Gasteiger partial charge is 0.412 e. The van der Waals surface area contributed by atoms with Crippen LogP contribution in [0, 0.1) is 17.0 Å². The molecule has 5 rings (SSSR count).